The van der Waals surface area contributed by atoms with Gasteiger partial charge >= 0.3 is 0 Å². The van der Waals surface area contributed by atoms with E-state index in [1.807, 2.05) is 24.3 Å². The summed E-state index contributed by atoms with van der Waals surface area (Å²) in [6.07, 6.45) is 3.61. The van der Waals surface area contributed by atoms with Crippen molar-refractivity contribution in [1.82, 2.24) is 10.9 Å². The van der Waals surface area contributed by atoms with E-state index in [0.717, 1.165) is 11.1 Å². The molecule has 0 spiro atoms. The smallest absolute Gasteiger partial charge is 0.240 e. The maximum Gasteiger partial charge on any atom is 0.240 e. The molecule has 2 aromatic rings. The maximum absolute atomic E-state index is 11.7. The van der Waals surface area contributed by atoms with Gasteiger partial charge in [0.05, 0.1) is 12.4 Å². The van der Waals surface area contributed by atoms with Crippen LogP contribution in [0, 0.1) is 0 Å². The van der Waals surface area contributed by atoms with Crippen LogP contribution in [0.1, 0.15) is 24.0 Å². The van der Waals surface area contributed by atoms with Gasteiger partial charge in [0.15, 0.2) is 0 Å². The van der Waals surface area contributed by atoms with Crippen LogP contribution in [0.25, 0.3) is 0 Å². The van der Waals surface area contributed by atoms with E-state index in [1.54, 1.807) is 24.3 Å². The molecule has 0 unspecified atom stereocenters. The van der Waals surface area contributed by atoms with Crippen molar-refractivity contribution in [2.45, 2.75) is 12.8 Å². The van der Waals surface area contributed by atoms with Crippen LogP contribution in [0.2, 0.25) is 10.0 Å². The molecule has 0 aliphatic heterocycles. The second-order valence-corrected chi connectivity index (χ2v) is 7.78. The Morgan fingerprint density at radius 1 is 0.793 bits per heavy atom. The predicted molar refractivity (Wildman–Crippen MR) is 121 cm³/mol. The molecule has 0 bridgehead atoms. The Bertz CT molecular complexity index is 819. The van der Waals surface area contributed by atoms with Crippen LogP contribution in [-0.4, -0.2) is 35.7 Å². The number of hydrazone groups is 2. The number of halogens is 2. The fourth-order valence-corrected chi connectivity index (χ4v) is 3.28. The number of thioether (sulfide) groups is 1. The molecular weight excluding hydrogens is 431 g/mol. The summed E-state index contributed by atoms with van der Waals surface area (Å²) in [5.74, 6) is 0.775. The summed E-state index contributed by atoms with van der Waals surface area (Å²) >= 11 is 13.5. The minimum absolute atomic E-state index is 0.199. The maximum atomic E-state index is 11.7. The van der Waals surface area contributed by atoms with Crippen LogP contribution in [-0.2, 0) is 9.59 Å². The standard InChI is InChI=1S/C20H20Cl2N4O2S/c21-17-7-3-1-5-15(17)13-23-25-19(27)9-11-29-12-10-20(28)26-24-14-16-6-2-4-8-18(16)22/h1-8,13-14H,9-12H2,(H,25,27)(H,26,28)/b23-13+,24-14?. The van der Waals surface area contributed by atoms with E-state index in [4.69, 9.17) is 23.2 Å². The van der Waals surface area contributed by atoms with Crippen LogP contribution in [0.5, 0.6) is 0 Å². The lowest BCUT2D eigenvalue weighted by Crippen LogP contribution is -2.19. The van der Waals surface area contributed by atoms with Gasteiger partial charge in [0.2, 0.25) is 11.8 Å². The molecule has 0 saturated heterocycles. The second kappa shape index (κ2) is 13.0. The number of carbonyl (C=O) groups excluding carboxylic acids is 2. The van der Waals surface area contributed by atoms with E-state index in [2.05, 4.69) is 21.1 Å². The molecule has 0 radical (unpaired) electrons. The number of rotatable bonds is 10. The van der Waals surface area contributed by atoms with Crippen LogP contribution in [0.3, 0.4) is 0 Å². The molecule has 0 saturated carbocycles. The lowest BCUT2D eigenvalue weighted by Gasteiger charge is -2.02. The van der Waals surface area contributed by atoms with Crippen molar-refractivity contribution in [2.75, 3.05) is 11.5 Å². The largest absolute Gasteiger partial charge is 0.273 e. The average molecular weight is 451 g/mol. The van der Waals surface area contributed by atoms with Crippen molar-refractivity contribution in [3.8, 4) is 0 Å². The monoisotopic (exact) mass is 450 g/mol. The van der Waals surface area contributed by atoms with E-state index in [9.17, 15) is 9.59 Å². The van der Waals surface area contributed by atoms with Crippen molar-refractivity contribution in [2.24, 2.45) is 10.2 Å². The minimum Gasteiger partial charge on any atom is -0.273 e. The quantitative estimate of drug-likeness (QED) is 0.324. The first kappa shape index (κ1) is 22.9. The number of nitrogens with one attached hydrogen (secondary N) is 2. The summed E-state index contributed by atoms with van der Waals surface area (Å²) in [4.78, 5) is 23.5. The van der Waals surface area contributed by atoms with Gasteiger partial charge in [-0.3, -0.25) is 9.59 Å². The van der Waals surface area contributed by atoms with E-state index in [1.165, 1.54) is 24.2 Å². The van der Waals surface area contributed by atoms with Crippen molar-refractivity contribution < 1.29 is 9.59 Å². The van der Waals surface area contributed by atoms with Gasteiger partial charge in [-0.2, -0.15) is 22.0 Å². The zero-order valence-electron chi connectivity index (χ0n) is 15.5. The van der Waals surface area contributed by atoms with Gasteiger partial charge in [0.1, 0.15) is 0 Å². The molecule has 0 aliphatic carbocycles. The molecule has 0 atom stereocenters. The molecular formula is C20H20Cl2N4O2S. The lowest BCUT2D eigenvalue weighted by molar-refractivity contribution is -0.121. The fraction of sp³-hybridized carbons (Fsp3) is 0.200. The number of nitrogens with zero attached hydrogens (tertiary/aromatic N) is 2. The molecule has 0 heterocycles. The van der Waals surface area contributed by atoms with Crippen LogP contribution in [0.15, 0.2) is 58.7 Å². The van der Waals surface area contributed by atoms with Gasteiger partial charge in [-0.25, -0.2) is 10.9 Å². The fourth-order valence-electron chi connectivity index (χ4n) is 2.05. The van der Waals surface area contributed by atoms with Crippen LogP contribution < -0.4 is 10.9 Å². The molecule has 0 aromatic heterocycles. The predicted octanol–water partition coefficient (Wildman–Crippen LogP) is 4.11. The van der Waals surface area contributed by atoms with Crippen molar-refractivity contribution in [3.05, 3.63) is 69.7 Å². The number of benzene rings is 2. The first-order valence-corrected chi connectivity index (χ1v) is 10.7. The summed E-state index contributed by atoms with van der Waals surface area (Å²) in [5.41, 5.74) is 6.37. The summed E-state index contributed by atoms with van der Waals surface area (Å²) in [6, 6.07) is 14.4. The molecule has 2 N–H and O–H groups in total. The Morgan fingerprint density at radius 2 is 1.21 bits per heavy atom. The molecule has 2 rings (SSSR count). The third-order valence-corrected chi connectivity index (χ3v) is 5.22. The lowest BCUT2D eigenvalue weighted by atomic mass is 10.2. The zero-order valence-corrected chi connectivity index (χ0v) is 17.8. The van der Waals surface area contributed by atoms with Crippen molar-refractivity contribution >= 4 is 59.2 Å². The molecule has 2 amide bonds. The van der Waals surface area contributed by atoms with Crippen molar-refractivity contribution in [3.63, 3.8) is 0 Å². The Balaban J connectivity index is 1.56. The Labute approximate surface area is 183 Å². The highest BCUT2D eigenvalue weighted by atomic mass is 35.5. The highest BCUT2D eigenvalue weighted by Gasteiger charge is 2.03. The molecule has 152 valence electrons. The van der Waals surface area contributed by atoms with E-state index >= 15 is 0 Å². The minimum atomic E-state index is -0.199. The summed E-state index contributed by atoms with van der Waals surface area (Å²) in [7, 11) is 0. The highest BCUT2D eigenvalue weighted by Crippen LogP contribution is 2.13. The SMILES string of the molecule is O=C(CCSCCC(=O)N/N=C/c1ccccc1Cl)NN=Cc1ccccc1Cl. The molecule has 29 heavy (non-hydrogen) atoms. The summed E-state index contributed by atoms with van der Waals surface area (Å²) in [5, 5.41) is 8.90. The molecule has 0 fully saturated rings. The van der Waals surface area contributed by atoms with Gasteiger partial charge in [0, 0.05) is 45.5 Å². The second-order valence-electron chi connectivity index (χ2n) is 5.74. The van der Waals surface area contributed by atoms with Crippen LogP contribution >= 0.6 is 35.0 Å². The van der Waals surface area contributed by atoms with E-state index in [0.29, 0.717) is 34.4 Å². The van der Waals surface area contributed by atoms with Crippen LogP contribution in [0.4, 0.5) is 0 Å². The third-order valence-electron chi connectivity index (χ3n) is 3.54. The number of amides is 2. The molecule has 2 aromatic carbocycles. The first-order valence-electron chi connectivity index (χ1n) is 8.77. The van der Waals surface area contributed by atoms with Gasteiger partial charge in [-0.15, -0.1) is 0 Å². The van der Waals surface area contributed by atoms with Crippen molar-refractivity contribution in [1.29, 1.82) is 0 Å². The van der Waals surface area contributed by atoms with Gasteiger partial charge in [-0.05, 0) is 12.1 Å². The first-order chi connectivity index (χ1) is 14.1. The zero-order chi connectivity index (χ0) is 20.9. The summed E-state index contributed by atoms with van der Waals surface area (Å²) < 4.78 is 0. The Morgan fingerprint density at radius 3 is 1.62 bits per heavy atom. The van der Waals surface area contributed by atoms with Gasteiger partial charge in [-0.1, -0.05) is 59.6 Å². The average Bonchev–Trinajstić information content (AvgIpc) is 2.70. The Kier molecular flexibility index (Phi) is 10.3. The molecule has 6 nitrogen and oxygen atoms in total. The van der Waals surface area contributed by atoms with E-state index in [-0.39, 0.29) is 11.8 Å². The van der Waals surface area contributed by atoms with Gasteiger partial charge < -0.3 is 0 Å². The highest BCUT2D eigenvalue weighted by molar-refractivity contribution is 7.99. The number of hydrogen-bond acceptors (Lipinski definition) is 5. The van der Waals surface area contributed by atoms with Gasteiger partial charge in [0.25, 0.3) is 0 Å². The third kappa shape index (κ3) is 9.13. The molecule has 0 aliphatic rings. The topological polar surface area (TPSA) is 82.9 Å². The number of hydrogen-bond donors (Lipinski definition) is 2. The number of carbonyl (C=O) groups is 2. The normalized spacial score (nSPS) is 11.1. The Hall–Kier alpha value is -2.35. The van der Waals surface area contributed by atoms with E-state index < -0.39 is 0 Å². The molecule has 9 heteroatoms. The summed E-state index contributed by atoms with van der Waals surface area (Å²) in [6.45, 7) is 0.